The van der Waals surface area contributed by atoms with Crippen LogP contribution in [0.5, 0.6) is 5.75 Å². The van der Waals surface area contributed by atoms with E-state index in [0.29, 0.717) is 18.1 Å². The molecule has 9 nitrogen and oxygen atoms in total. The van der Waals surface area contributed by atoms with Crippen LogP contribution in [-0.2, 0) is 39.7 Å². The number of amides is 1. The molecular formula is C26H24N4O5S. The van der Waals surface area contributed by atoms with Crippen molar-refractivity contribution in [3.63, 3.8) is 0 Å². The van der Waals surface area contributed by atoms with E-state index in [9.17, 15) is 13.2 Å². The number of aromatic nitrogens is 2. The molecule has 4 aromatic rings. The summed E-state index contributed by atoms with van der Waals surface area (Å²) in [5.41, 5.74) is 3.68. The van der Waals surface area contributed by atoms with Gasteiger partial charge in [0, 0.05) is 11.8 Å². The molecular weight excluding hydrogens is 480 g/mol. The standard InChI is InChI=1S/C26H24N4O5S/c31-26-16-30(36(32,33)28-26)24-12-11-22(15-25(24)35-18-21-9-5-2-6-10-21)23-13-14-29(27-23)19-34-17-20-7-3-1-4-8-20/h1-15H,16-19H2,(H,28,31). The van der Waals surface area contributed by atoms with Gasteiger partial charge in [-0.25, -0.2) is 13.7 Å². The van der Waals surface area contributed by atoms with Crippen molar-refractivity contribution in [1.82, 2.24) is 14.5 Å². The summed E-state index contributed by atoms with van der Waals surface area (Å²) in [6.07, 6.45) is 1.81. The van der Waals surface area contributed by atoms with E-state index in [-0.39, 0.29) is 25.6 Å². The van der Waals surface area contributed by atoms with Gasteiger partial charge in [0.2, 0.25) is 0 Å². The van der Waals surface area contributed by atoms with Gasteiger partial charge in [-0.1, -0.05) is 66.7 Å². The van der Waals surface area contributed by atoms with E-state index in [1.165, 1.54) is 0 Å². The second-order valence-electron chi connectivity index (χ2n) is 8.20. The molecule has 0 aliphatic carbocycles. The summed E-state index contributed by atoms with van der Waals surface area (Å²) in [6.45, 7) is 0.675. The van der Waals surface area contributed by atoms with Gasteiger partial charge in [-0.05, 0) is 29.3 Å². The van der Waals surface area contributed by atoms with Gasteiger partial charge in [0.25, 0.3) is 5.91 Å². The normalized spacial score (nSPS) is 14.6. The lowest BCUT2D eigenvalue weighted by atomic mass is 10.1. The van der Waals surface area contributed by atoms with Crippen LogP contribution in [0.4, 0.5) is 5.69 Å². The molecule has 1 N–H and O–H groups in total. The molecule has 3 aromatic carbocycles. The van der Waals surface area contributed by atoms with E-state index in [1.54, 1.807) is 22.9 Å². The Morgan fingerprint density at radius 2 is 1.58 bits per heavy atom. The summed E-state index contributed by atoms with van der Waals surface area (Å²) in [6, 6.07) is 26.4. The lowest BCUT2D eigenvalue weighted by Gasteiger charge is -2.19. The van der Waals surface area contributed by atoms with Gasteiger partial charge < -0.3 is 9.47 Å². The van der Waals surface area contributed by atoms with Crippen molar-refractivity contribution in [2.75, 3.05) is 10.8 Å². The largest absolute Gasteiger partial charge is 0.487 e. The Bertz CT molecular complexity index is 1460. The third-order valence-electron chi connectivity index (χ3n) is 5.56. The van der Waals surface area contributed by atoms with Gasteiger partial charge in [0.15, 0.2) is 0 Å². The smallest absolute Gasteiger partial charge is 0.326 e. The first-order valence-corrected chi connectivity index (χ1v) is 12.7. The van der Waals surface area contributed by atoms with Crippen LogP contribution < -0.4 is 13.8 Å². The van der Waals surface area contributed by atoms with Crippen LogP contribution in [-0.4, -0.2) is 30.7 Å². The number of rotatable bonds is 9. The van der Waals surface area contributed by atoms with E-state index in [2.05, 4.69) is 5.10 Å². The number of benzene rings is 3. The SMILES string of the molecule is O=C1CN(c2ccc(-c3ccn(COCc4ccccc4)n3)cc2OCc2ccccc2)S(=O)(=O)N1. The highest BCUT2D eigenvalue weighted by Gasteiger charge is 2.35. The van der Waals surface area contributed by atoms with Gasteiger partial charge in [0.1, 0.15) is 25.6 Å². The number of anilines is 1. The van der Waals surface area contributed by atoms with Crippen LogP contribution in [0.1, 0.15) is 11.1 Å². The first kappa shape index (κ1) is 23.6. The van der Waals surface area contributed by atoms with Gasteiger partial charge in [-0.3, -0.25) is 4.79 Å². The molecule has 1 fully saturated rings. The number of ether oxygens (including phenoxy) is 2. The third kappa shape index (κ3) is 5.40. The molecule has 2 heterocycles. The van der Waals surface area contributed by atoms with Crippen LogP contribution in [0, 0.1) is 0 Å². The highest BCUT2D eigenvalue weighted by molar-refractivity contribution is 7.92. The van der Waals surface area contributed by atoms with Crippen LogP contribution in [0.25, 0.3) is 11.3 Å². The minimum Gasteiger partial charge on any atom is -0.487 e. The minimum absolute atomic E-state index is 0.230. The number of hydrogen-bond acceptors (Lipinski definition) is 6. The predicted octanol–water partition coefficient (Wildman–Crippen LogP) is 3.48. The van der Waals surface area contributed by atoms with Gasteiger partial charge >= 0.3 is 10.2 Å². The second-order valence-corrected chi connectivity index (χ2v) is 9.79. The molecule has 184 valence electrons. The maximum atomic E-state index is 12.5. The lowest BCUT2D eigenvalue weighted by Crippen LogP contribution is -2.29. The summed E-state index contributed by atoms with van der Waals surface area (Å²) >= 11 is 0. The first-order chi connectivity index (χ1) is 17.5. The molecule has 0 spiro atoms. The molecule has 1 aliphatic rings. The lowest BCUT2D eigenvalue weighted by molar-refractivity contribution is -0.117. The number of carbonyl (C=O) groups excluding carboxylic acids is 1. The molecule has 0 atom stereocenters. The van der Waals surface area contributed by atoms with Crippen LogP contribution in [0.3, 0.4) is 0 Å². The molecule has 36 heavy (non-hydrogen) atoms. The van der Waals surface area contributed by atoms with Crippen molar-refractivity contribution in [1.29, 1.82) is 0 Å². The van der Waals surface area contributed by atoms with Crippen LogP contribution in [0.2, 0.25) is 0 Å². The topological polar surface area (TPSA) is 103 Å². The number of nitrogens with zero attached hydrogens (tertiary/aromatic N) is 3. The molecule has 10 heteroatoms. The Kier molecular flexibility index (Phi) is 6.70. The van der Waals surface area contributed by atoms with E-state index in [4.69, 9.17) is 9.47 Å². The van der Waals surface area contributed by atoms with Crippen molar-refractivity contribution in [3.8, 4) is 17.0 Å². The fourth-order valence-corrected chi connectivity index (χ4v) is 4.97. The highest BCUT2D eigenvalue weighted by Crippen LogP contribution is 2.35. The molecule has 0 radical (unpaired) electrons. The molecule has 0 bridgehead atoms. The fraction of sp³-hybridized carbons (Fsp3) is 0.154. The van der Waals surface area contributed by atoms with E-state index >= 15 is 0 Å². The Morgan fingerprint density at radius 3 is 2.25 bits per heavy atom. The van der Waals surface area contributed by atoms with E-state index in [0.717, 1.165) is 21.0 Å². The minimum atomic E-state index is -3.98. The molecule has 5 rings (SSSR count). The summed E-state index contributed by atoms with van der Waals surface area (Å²) in [7, 11) is -3.98. The molecule has 1 aromatic heterocycles. The maximum Gasteiger partial charge on any atom is 0.326 e. The zero-order valence-electron chi connectivity index (χ0n) is 19.3. The Hall–Kier alpha value is -4.15. The Balaban J connectivity index is 1.37. The molecule has 0 unspecified atom stereocenters. The zero-order valence-corrected chi connectivity index (χ0v) is 20.1. The average Bonchev–Trinajstić information content (AvgIpc) is 3.46. The van der Waals surface area contributed by atoms with Gasteiger partial charge in [0.05, 0.1) is 18.0 Å². The molecule has 1 amide bonds. The first-order valence-electron chi connectivity index (χ1n) is 11.3. The average molecular weight is 505 g/mol. The van der Waals surface area contributed by atoms with Crippen molar-refractivity contribution in [3.05, 3.63) is 102 Å². The quantitative estimate of drug-likeness (QED) is 0.374. The number of carbonyl (C=O) groups is 1. The maximum absolute atomic E-state index is 12.5. The summed E-state index contributed by atoms with van der Waals surface area (Å²) in [5.74, 6) is -0.270. The molecule has 1 aliphatic heterocycles. The second kappa shape index (κ2) is 10.2. The van der Waals surface area contributed by atoms with Crippen LogP contribution in [0.15, 0.2) is 91.1 Å². The monoisotopic (exact) mass is 504 g/mol. The molecule has 0 saturated carbocycles. The Labute approximate surface area is 209 Å². The highest BCUT2D eigenvalue weighted by atomic mass is 32.2. The fourth-order valence-electron chi connectivity index (χ4n) is 3.81. The van der Waals surface area contributed by atoms with E-state index in [1.807, 2.05) is 77.6 Å². The third-order valence-corrected chi connectivity index (χ3v) is 6.95. The molecule has 1 saturated heterocycles. The summed E-state index contributed by atoms with van der Waals surface area (Å²) < 4.78 is 41.4. The summed E-state index contributed by atoms with van der Waals surface area (Å²) in [4.78, 5) is 11.8. The van der Waals surface area contributed by atoms with Crippen molar-refractivity contribution >= 4 is 21.8 Å². The van der Waals surface area contributed by atoms with Gasteiger partial charge in [-0.15, -0.1) is 0 Å². The van der Waals surface area contributed by atoms with Crippen LogP contribution >= 0.6 is 0 Å². The Morgan fingerprint density at radius 1 is 0.889 bits per heavy atom. The van der Waals surface area contributed by atoms with Crippen molar-refractivity contribution in [2.24, 2.45) is 0 Å². The van der Waals surface area contributed by atoms with Gasteiger partial charge in [-0.2, -0.15) is 13.5 Å². The van der Waals surface area contributed by atoms with E-state index < -0.39 is 16.1 Å². The predicted molar refractivity (Wildman–Crippen MR) is 134 cm³/mol. The summed E-state index contributed by atoms with van der Waals surface area (Å²) in [5, 5.41) is 4.58. The number of hydrogen-bond donors (Lipinski definition) is 1. The van der Waals surface area contributed by atoms with Crippen molar-refractivity contribution < 1.29 is 22.7 Å². The zero-order chi connectivity index (χ0) is 25.0. The van der Waals surface area contributed by atoms with Crippen molar-refractivity contribution in [2.45, 2.75) is 19.9 Å². The number of nitrogens with one attached hydrogen (secondary N) is 1.